The molecule has 0 aliphatic carbocycles. The minimum absolute atomic E-state index is 0.413. The molecule has 0 saturated heterocycles. The van der Waals surface area contributed by atoms with Gasteiger partial charge in [-0.25, -0.2) is 0 Å². The molecule has 5 heteroatoms. The van der Waals surface area contributed by atoms with Gasteiger partial charge in [0.15, 0.2) is 5.11 Å². The van der Waals surface area contributed by atoms with Gasteiger partial charge in [-0.3, -0.25) is 4.68 Å². The zero-order valence-corrected chi connectivity index (χ0v) is 13.8. The molecule has 0 spiro atoms. The van der Waals surface area contributed by atoms with Crippen LogP contribution in [0.3, 0.4) is 0 Å². The average Bonchev–Trinajstić information content (AvgIpc) is 2.65. The fraction of sp³-hybridized carbons (Fsp3) is 0.714. The Morgan fingerprint density at radius 1 is 1.42 bits per heavy atom. The molecule has 0 amide bonds. The third-order valence-corrected chi connectivity index (χ3v) is 3.98. The van der Waals surface area contributed by atoms with Crippen LogP contribution in [0.25, 0.3) is 0 Å². The maximum absolute atomic E-state index is 5.43. The van der Waals surface area contributed by atoms with Crippen LogP contribution in [-0.4, -0.2) is 32.9 Å². The van der Waals surface area contributed by atoms with Crippen molar-refractivity contribution in [2.75, 3.05) is 7.05 Å². The van der Waals surface area contributed by atoms with Gasteiger partial charge in [0.05, 0.1) is 5.69 Å². The van der Waals surface area contributed by atoms with Gasteiger partial charge in [0.1, 0.15) is 0 Å². The predicted molar refractivity (Wildman–Crippen MR) is 84.3 cm³/mol. The first-order valence-electron chi connectivity index (χ1n) is 6.95. The second-order valence-electron chi connectivity index (χ2n) is 5.08. The van der Waals surface area contributed by atoms with E-state index in [-0.39, 0.29) is 0 Å². The standard InChI is InChI=1S/C14H26N4S/c1-7-10(3)15-14(19)17(6)9-13-11(4)16-18(8-2)12(13)5/h10H,7-9H2,1-6H3,(H,15,19). The molecule has 1 N–H and O–H groups in total. The maximum atomic E-state index is 5.43. The summed E-state index contributed by atoms with van der Waals surface area (Å²) in [5.41, 5.74) is 3.60. The SMILES string of the molecule is CCC(C)NC(=S)N(C)Cc1c(C)nn(CC)c1C. The summed E-state index contributed by atoms with van der Waals surface area (Å²) in [6.07, 6.45) is 1.07. The van der Waals surface area contributed by atoms with E-state index >= 15 is 0 Å². The van der Waals surface area contributed by atoms with Crippen molar-refractivity contribution in [3.8, 4) is 0 Å². The van der Waals surface area contributed by atoms with Crippen LogP contribution in [0.15, 0.2) is 0 Å². The molecule has 0 saturated carbocycles. The van der Waals surface area contributed by atoms with Crippen LogP contribution >= 0.6 is 12.2 Å². The summed E-state index contributed by atoms with van der Waals surface area (Å²) in [6, 6.07) is 0.413. The normalized spacial score (nSPS) is 12.3. The fourth-order valence-electron chi connectivity index (χ4n) is 2.00. The van der Waals surface area contributed by atoms with E-state index < -0.39 is 0 Å². The Kier molecular flexibility index (Phi) is 5.79. The number of nitrogens with zero attached hydrogens (tertiary/aromatic N) is 3. The number of hydrogen-bond donors (Lipinski definition) is 1. The molecular formula is C14H26N4S. The van der Waals surface area contributed by atoms with Gasteiger partial charge in [0.2, 0.25) is 0 Å². The number of nitrogens with one attached hydrogen (secondary N) is 1. The molecule has 0 radical (unpaired) electrons. The summed E-state index contributed by atoms with van der Waals surface area (Å²) < 4.78 is 2.05. The first-order valence-corrected chi connectivity index (χ1v) is 7.35. The Labute approximate surface area is 122 Å². The highest BCUT2D eigenvalue weighted by Crippen LogP contribution is 2.15. The van der Waals surface area contributed by atoms with Crippen molar-refractivity contribution >= 4 is 17.3 Å². The highest BCUT2D eigenvalue weighted by Gasteiger charge is 2.14. The lowest BCUT2D eigenvalue weighted by atomic mass is 10.2. The van der Waals surface area contributed by atoms with Crippen LogP contribution in [0.5, 0.6) is 0 Å². The Morgan fingerprint density at radius 2 is 2.05 bits per heavy atom. The van der Waals surface area contributed by atoms with E-state index in [4.69, 9.17) is 12.2 Å². The third-order valence-electron chi connectivity index (χ3n) is 3.56. The Balaban J connectivity index is 2.74. The molecule has 0 bridgehead atoms. The van der Waals surface area contributed by atoms with Crippen molar-refractivity contribution in [1.29, 1.82) is 0 Å². The lowest BCUT2D eigenvalue weighted by Gasteiger charge is -2.24. The van der Waals surface area contributed by atoms with Gasteiger partial charge >= 0.3 is 0 Å². The Hall–Kier alpha value is -1.10. The Morgan fingerprint density at radius 3 is 2.53 bits per heavy atom. The number of rotatable bonds is 5. The summed E-state index contributed by atoms with van der Waals surface area (Å²) in [6.45, 7) is 12.3. The van der Waals surface area contributed by atoms with E-state index in [9.17, 15) is 0 Å². The summed E-state index contributed by atoms with van der Waals surface area (Å²) in [5, 5.41) is 8.69. The highest BCUT2D eigenvalue weighted by molar-refractivity contribution is 7.80. The van der Waals surface area contributed by atoms with Crippen LogP contribution in [-0.2, 0) is 13.1 Å². The molecule has 1 aromatic heterocycles. The largest absolute Gasteiger partial charge is 0.360 e. The lowest BCUT2D eigenvalue weighted by molar-refractivity contribution is 0.470. The van der Waals surface area contributed by atoms with Crippen LogP contribution in [0.4, 0.5) is 0 Å². The van der Waals surface area contributed by atoms with Crippen LogP contribution in [0.2, 0.25) is 0 Å². The maximum Gasteiger partial charge on any atom is 0.169 e. The molecule has 1 rings (SSSR count). The van der Waals surface area contributed by atoms with Crippen LogP contribution in [0, 0.1) is 13.8 Å². The molecule has 1 unspecified atom stereocenters. The van der Waals surface area contributed by atoms with Gasteiger partial charge < -0.3 is 10.2 Å². The van der Waals surface area contributed by atoms with Gasteiger partial charge in [-0.2, -0.15) is 5.10 Å². The minimum atomic E-state index is 0.413. The summed E-state index contributed by atoms with van der Waals surface area (Å²) >= 11 is 5.43. The number of thiocarbonyl (C=S) groups is 1. The summed E-state index contributed by atoms with van der Waals surface area (Å²) in [4.78, 5) is 2.08. The summed E-state index contributed by atoms with van der Waals surface area (Å²) in [5.74, 6) is 0. The van der Waals surface area contributed by atoms with Crippen molar-refractivity contribution in [1.82, 2.24) is 20.0 Å². The van der Waals surface area contributed by atoms with Gasteiger partial charge in [-0.1, -0.05) is 6.92 Å². The number of aryl methyl sites for hydroxylation is 2. The van der Waals surface area contributed by atoms with Crippen LogP contribution < -0.4 is 5.32 Å². The van der Waals surface area contributed by atoms with Crippen molar-refractivity contribution in [2.45, 2.75) is 60.2 Å². The van der Waals surface area contributed by atoms with E-state index in [1.165, 1.54) is 11.3 Å². The molecule has 1 aromatic rings. The zero-order chi connectivity index (χ0) is 14.6. The molecule has 1 atom stereocenters. The first kappa shape index (κ1) is 16.0. The minimum Gasteiger partial charge on any atom is -0.360 e. The quantitative estimate of drug-likeness (QED) is 0.842. The molecule has 19 heavy (non-hydrogen) atoms. The number of hydrogen-bond acceptors (Lipinski definition) is 2. The van der Waals surface area contributed by atoms with E-state index in [0.29, 0.717) is 6.04 Å². The molecular weight excluding hydrogens is 256 g/mol. The monoisotopic (exact) mass is 282 g/mol. The number of aromatic nitrogens is 2. The zero-order valence-electron chi connectivity index (χ0n) is 12.9. The van der Waals surface area contributed by atoms with E-state index in [1.807, 2.05) is 11.7 Å². The van der Waals surface area contributed by atoms with Gasteiger partial charge in [0.25, 0.3) is 0 Å². The second-order valence-corrected chi connectivity index (χ2v) is 5.47. The van der Waals surface area contributed by atoms with Crippen LogP contribution in [0.1, 0.15) is 44.1 Å². The predicted octanol–water partition coefficient (Wildman–Crippen LogP) is 2.62. The molecule has 0 aliphatic rings. The first-order chi connectivity index (χ1) is 8.90. The molecule has 1 heterocycles. The average molecular weight is 282 g/mol. The van der Waals surface area contributed by atoms with Crippen molar-refractivity contribution < 1.29 is 0 Å². The highest BCUT2D eigenvalue weighted by atomic mass is 32.1. The lowest BCUT2D eigenvalue weighted by Crippen LogP contribution is -2.41. The van der Waals surface area contributed by atoms with Gasteiger partial charge in [-0.05, 0) is 46.3 Å². The fourth-order valence-corrected chi connectivity index (χ4v) is 2.27. The van der Waals surface area contributed by atoms with E-state index in [1.54, 1.807) is 0 Å². The Bertz CT molecular complexity index is 439. The van der Waals surface area contributed by atoms with Crippen molar-refractivity contribution in [3.63, 3.8) is 0 Å². The topological polar surface area (TPSA) is 33.1 Å². The molecule has 0 aliphatic heterocycles. The van der Waals surface area contributed by atoms with Crippen molar-refractivity contribution in [3.05, 3.63) is 17.0 Å². The molecule has 0 fully saturated rings. The van der Waals surface area contributed by atoms with E-state index in [0.717, 1.165) is 30.3 Å². The van der Waals surface area contributed by atoms with Gasteiger partial charge in [0, 0.05) is 37.4 Å². The van der Waals surface area contributed by atoms with E-state index in [2.05, 4.69) is 49.9 Å². The second kappa shape index (κ2) is 6.89. The summed E-state index contributed by atoms with van der Waals surface area (Å²) in [7, 11) is 2.03. The third kappa shape index (κ3) is 3.93. The van der Waals surface area contributed by atoms with Gasteiger partial charge in [-0.15, -0.1) is 0 Å². The van der Waals surface area contributed by atoms with Crippen molar-refractivity contribution in [2.24, 2.45) is 0 Å². The smallest absolute Gasteiger partial charge is 0.169 e. The molecule has 108 valence electrons. The molecule has 0 aromatic carbocycles. The molecule has 4 nitrogen and oxygen atoms in total.